The molecule has 0 aliphatic carbocycles. The van der Waals surface area contributed by atoms with E-state index in [1.807, 2.05) is 59.2 Å². The van der Waals surface area contributed by atoms with Crippen LogP contribution in [0.15, 0.2) is 182 Å². The second-order valence-corrected chi connectivity index (χ2v) is 11.9. The van der Waals surface area contributed by atoms with E-state index in [-0.39, 0.29) is 22.3 Å². The van der Waals surface area contributed by atoms with E-state index >= 15 is 0 Å². The summed E-state index contributed by atoms with van der Waals surface area (Å²) >= 11 is 0. The lowest BCUT2D eigenvalue weighted by molar-refractivity contribution is 1.17. The molecule has 0 N–H and O–H groups in total. The Morgan fingerprint density at radius 1 is 0.354 bits per heavy atom. The molecule has 10 aromatic rings. The zero-order valence-electron chi connectivity index (χ0n) is 35.4. The van der Waals surface area contributed by atoms with E-state index in [0.717, 1.165) is 60.1 Å². The molecule has 0 fully saturated rings. The molecule has 0 aliphatic heterocycles. The zero-order chi connectivity index (χ0) is 40.3. The minimum atomic E-state index is -0.534. The number of para-hydroxylation sites is 2. The summed E-state index contributed by atoms with van der Waals surface area (Å²) in [6.45, 7) is 0. The molecular formula is C46H30N2. The lowest BCUT2D eigenvalue weighted by Gasteiger charge is -2.14. The summed E-state index contributed by atoms with van der Waals surface area (Å²) < 4.78 is 90.3. The minimum Gasteiger partial charge on any atom is -0.309 e. The Hall–Kier alpha value is -6.38. The second-order valence-electron chi connectivity index (χ2n) is 11.9. The third-order valence-electron chi connectivity index (χ3n) is 9.22. The van der Waals surface area contributed by atoms with Crippen LogP contribution in [0.4, 0.5) is 0 Å². The van der Waals surface area contributed by atoms with Crippen LogP contribution >= 0.6 is 0 Å². The predicted octanol–water partition coefficient (Wildman–Crippen LogP) is 12.4. The number of rotatable bonds is 4. The van der Waals surface area contributed by atoms with Crippen LogP contribution in [-0.2, 0) is 0 Å². The molecule has 0 bridgehead atoms. The van der Waals surface area contributed by atoms with E-state index in [1.54, 1.807) is 12.1 Å². The van der Waals surface area contributed by atoms with E-state index in [0.29, 0.717) is 5.69 Å². The highest BCUT2D eigenvalue weighted by molar-refractivity contribution is 6.25. The summed E-state index contributed by atoms with van der Waals surface area (Å²) in [5, 5.41) is 6.30. The van der Waals surface area contributed by atoms with Gasteiger partial charge in [0.1, 0.15) is 0 Å². The van der Waals surface area contributed by atoms with Gasteiger partial charge in [0.15, 0.2) is 0 Å². The Labute approximate surface area is 292 Å². The number of fused-ring (bicyclic) bond motifs is 8. The highest BCUT2D eigenvalue weighted by Crippen LogP contribution is 2.42. The molecule has 0 aliphatic rings. The fourth-order valence-electron chi connectivity index (χ4n) is 7.20. The van der Waals surface area contributed by atoms with Crippen molar-refractivity contribution in [3.63, 3.8) is 0 Å². The number of benzene rings is 8. The highest BCUT2D eigenvalue weighted by Gasteiger charge is 2.20. The maximum Gasteiger partial charge on any atom is 0.0629 e. The molecule has 10 rings (SSSR count). The Bertz CT molecular complexity index is 3260. The van der Waals surface area contributed by atoms with Crippen LogP contribution in [0, 0.1) is 0 Å². The van der Waals surface area contributed by atoms with Gasteiger partial charge in [0, 0.05) is 32.9 Å². The largest absolute Gasteiger partial charge is 0.309 e. The molecule has 0 spiro atoms. The van der Waals surface area contributed by atoms with Gasteiger partial charge in [-0.15, -0.1) is 0 Å². The summed E-state index contributed by atoms with van der Waals surface area (Å²) in [6, 6.07) is 35.3. The average Bonchev–Trinajstić information content (AvgIpc) is 3.75. The Morgan fingerprint density at radius 2 is 0.958 bits per heavy atom. The number of aromatic nitrogens is 2. The molecule has 0 amide bonds. The fraction of sp³-hybridized carbons (Fsp3) is 0. The SMILES string of the molecule is [2H]c1c([2H])c([2H])c(-c2cc(-c3c([2H])c([2H])c([2H])c([2H])c3[2H])cc(-n3c4ccccc4c4cc5c6c7ccccc7ccc6n(-c6ccccc6)c5cc43)c2)c([2H])c1[2H]. The molecule has 0 saturated carbocycles. The van der Waals surface area contributed by atoms with Gasteiger partial charge >= 0.3 is 0 Å². The van der Waals surface area contributed by atoms with Gasteiger partial charge in [-0.1, -0.05) is 127 Å². The van der Waals surface area contributed by atoms with Crippen LogP contribution in [0.1, 0.15) is 13.7 Å². The quantitative estimate of drug-likeness (QED) is 0.185. The molecule has 0 radical (unpaired) electrons. The van der Waals surface area contributed by atoms with Crippen LogP contribution < -0.4 is 0 Å². The smallest absolute Gasteiger partial charge is 0.0629 e. The molecule has 2 heteroatoms. The molecular weight excluding hydrogens is 581 g/mol. The molecule has 8 aromatic carbocycles. The van der Waals surface area contributed by atoms with Crippen molar-refractivity contribution < 1.29 is 13.7 Å². The standard InChI is InChI=1S/C46H30N2/c1-4-14-31(15-5-1)34-26-35(32-16-6-2-7-17-32)28-37(27-34)48-42-23-13-12-22-39(42)40-29-41-45(30-44(40)48)47(36-19-8-3-9-20-36)43-25-24-33-18-10-11-21-38(33)46(41)43/h1-30H/i1D,2D,4D,5D,6D,7D,14D,15D,16D,17D. The van der Waals surface area contributed by atoms with Crippen molar-refractivity contribution in [2.24, 2.45) is 0 Å². The number of hydrogen-bond donors (Lipinski definition) is 0. The minimum absolute atomic E-state index is 0.0688. The Morgan fingerprint density at radius 3 is 1.69 bits per heavy atom. The summed E-state index contributed by atoms with van der Waals surface area (Å²) in [6.07, 6.45) is 0. The number of nitrogens with zero attached hydrogens (tertiary/aromatic N) is 2. The van der Waals surface area contributed by atoms with Gasteiger partial charge in [0.25, 0.3) is 0 Å². The lowest BCUT2D eigenvalue weighted by atomic mass is 9.98. The van der Waals surface area contributed by atoms with Gasteiger partial charge in [0.05, 0.1) is 35.8 Å². The van der Waals surface area contributed by atoms with Crippen molar-refractivity contribution in [3.8, 4) is 33.6 Å². The van der Waals surface area contributed by atoms with E-state index in [2.05, 4.69) is 53.1 Å². The van der Waals surface area contributed by atoms with Crippen LogP contribution in [0.25, 0.3) is 88.0 Å². The predicted molar refractivity (Wildman–Crippen MR) is 203 cm³/mol. The van der Waals surface area contributed by atoms with Crippen LogP contribution in [0.5, 0.6) is 0 Å². The Kier molecular flexibility index (Phi) is 4.12. The maximum atomic E-state index is 8.90. The van der Waals surface area contributed by atoms with Gasteiger partial charge < -0.3 is 9.13 Å². The third kappa shape index (κ3) is 4.06. The van der Waals surface area contributed by atoms with Gasteiger partial charge in [-0.05, 0) is 87.6 Å². The molecule has 0 saturated heterocycles. The van der Waals surface area contributed by atoms with Gasteiger partial charge in [0.2, 0.25) is 0 Å². The molecule has 0 unspecified atom stereocenters. The normalized spacial score (nSPS) is 14.7. The third-order valence-corrected chi connectivity index (χ3v) is 9.22. The van der Waals surface area contributed by atoms with Crippen molar-refractivity contribution >= 4 is 54.4 Å². The first kappa shape index (κ1) is 18.7. The average molecular weight is 621 g/mol. The van der Waals surface area contributed by atoms with Crippen molar-refractivity contribution in [2.75, 3.05) is 0 Å². The van der Waals surface area contributed by atoms with Crippen LogP contribution in [0.3, 0.4) is 0 Å². The van der Waals surface area contributed by atoms with Crippen LogP contribution in [-0.4, -0.2) is 9.13 Å². The first-order valence-electron chi connectivity index (χ1n) is 20.7. The first-order valence-corrected chi connectivity index (χ1v) is 15.7. The van der Waals surface area contributed by atoms with Gasteiger partial charge in [-0.3, -0.25) is 0 Å². The van der Waals surface area contributed by atoms with Crippen LogP contribution in [0.2, 0.25) is 0 Å². The van der Waals surface area contributed by atoms with Gasteiger partial charge in [-0.25, -0.2) is 0 Å². The van der Waals surface area contributed by atoms with Crippen molar-refractivity contribution in [2.45, 2.75) is 0 Å². The zero-order valence-corrected chi connectivity index (χ0v) is 25.4. The second kappa shape index (κ2) is 10.6. The Balaban J connectivity index is 1.38. The molecule has 2 aromatic heterocycles. The van der Waals surface area contributed by atoms with E-state index < -0.39 is 60.4 Å². The summed E-state index contributed by atoms with van der Waals surface area (Å²) in [4.78, 5) is 0. The van der Waals surface area contributed by atoms with Gasteiger partial charge in [-0.2, -0.15) is 0 Å². The molecule has 2 nitrogen and oxygen atoms in total. The fourth-order valence-corrected chi connectivity index (χ4v) is 7.20. The van der Waals surface area contributed by atoms with Crippen molar-refractivity contribution in [3.05, 3.63) is 182 Å². The summed E-state index contributed by atoms with van der Waals surface area (Å²) in [5.41, 5.74) is 5.41. The topological polar surface area (TPSA) is 9.86 Å². The van der Waals surface area contributed by atoms with E-state index in [1.165, 1.54) is 6.07 Å². The summed E-state index contributed by atoms with van der Waals surface area (Å²) in [5.74, 6) is 0. The lowest BCUT2D eigenvalue weighted by Crippen LogP contribution is -1.97. The first-order chi connectivity index (χ1) is 28.0. The summed E-state index contributed by atoms with van der Waals surface area (Å²) in [7, 11) is 0. The highest BCUT2D eigenvalue weighted by atomic mass is 15.0. The number of hydrogen-bond acceptors (Lipinski definition) is 0. The molecule has 2 heterocycles. The van der Waals surface area contributed by atoms with E-state index in [9.17, 15) is 0 Å². The molecule has 0 atom stereocenters. The monoisotopic (exact) mass is 620 g/mol. The van der Waals surface area contributed by atoms with E-state index in [4.69, 9.17) is 13.7 Å². The van der Waals surface area contributed by atoms with Crippen molar-refractivity contribution in [1.82, 2.24) is 9.13 Å². The maximum absolute atomic E-state index is 8.90. The molecule has 224 valence electrons. The van der Waals surface area contributed by atoms with Crippen molar-refractivity contribution in [1.29, 1.82) is 0 Å². The molecule has 48 heavy (non-hydrogen) atoms.